The Kier molecular flexibility index (Phi) is 2.97. The lowest BCUT2D eigenvalue weighted by molar-refractivity contribution is 0.318. The summed E-state index contributed by atoms with van der Waals surface area (Å²) in [5.74, 6) is 0. The first-order chi connectivity index (χ1) is 8.24. The van der Waals surface area contributed by atoms with Gasteiger partial charge in [0.05, 0.1) is 5.69 Å². The monoisotopic (exact) mass is 251 g/mol. The minimum atomic E-state index is 0.540. The van der Waals surface area contributed by atoms with Gasteiger partial charge in [0.2, 0.25) is 0 Å². The van der Waals surface area contributed by atoms with Crippen molar-refractivity contribution in [2.75, 3.05) is 18.4 Å². The lowest BCUT2D eigenvalue weighted by atomic mass is 10.1. The van der Waals surface area contributed by atoms with Crippen molar-refractivity contribution in [2.45, 2.75) is 38.3 Å². The van der Waals surface area contributed by atoms with Crippen LogP contribution in [-0.4, -0.2) is 35.1 Å². The highest BCUT2D eigenvalue weighted by Gasteiger charge is 2.37. The van der Waals surface area contributed by atoms with Gasteiger partial charge in [-0.15, -0.1) is 0 Å². The number of anilines is 1. The van der Waals surface area contributed by atoms with E-state index in [0.29, 0.717) is 17.2 Å². The lowest BCUT2D eigenvalue weighted by Gasteiger charge is -2.22. The van der Waals surface area contributed by atoms with E-state index in [1.54, 1.807) is 0 Å². The first-order valence-corrected chi connectivity index (χ1v) is 6.74. The van der Waals surface area contributed by atoms with Crippen LogP contribution in [0.2, 0.25) is 5.15 Å². The molecule has 0 aromatic carbocycles. The Balaban J connectivity index is 1.76. The topological polar surface area (TPSA) is 28.2 Å². The predicted octanol–water partition coefficient (Wildman–Crippen LogP) is 2.69. The molecule has 0 radical (unpaired) electrons. The fraction of sp³-hybridized carbons (Fsp3) is 0.615. The highest BCUT2D eigenvalue weighted by atomic mass is 35.5. The third kappa shape index (κ3) is 2.14. The molecule has 3 nitrogen and oxygen atoms in total. The second-order valence-corrected chi connectivity index (χ2v) is 5.49. The van der Waals surface area contributed by atoms with E-state index in [4.69, 9.17) is 11.6 Å². The van der Waals surface area contributed by atoms with Crippen LogP contribution in [0.25, 0.3) is 0 Å². The lowest BCUT2D eigenvalue weighted by Crippen LogP contribution is -2.33. The largest absolute Gasteiger partial charge is 0.378 e. The first-order valence-electron chi connectivity index (χ1n) is 6.37. The van der Waals surface area contributed by atoms with Crippen LogP contribution < -0.4 is 5.32 Å². The van der Waals surface area contributed by atoms with Crippen LogP contribution in [0.5, 0.6) is 0 Å². The second-order valence-electron chi connectivity index (χ2n) is 5.14. The van der Waals surface area contributed by atoms with Crippen LogP contribution >= 0.6 is 11.6 Å². The van der Waals surface area contributed by atoms with Gasteiger partial charge >= 0.3 is 0 Å². The standard InChI is InChI=1S/C13H18ClN3/c1-9-7-11(13(14)15-8-9)16-10-4-6-17-5-2-3-12(10)17/h7-8,10,12,16H,2-6H2,1H3. The molecular formula is C13H18ClN3. The molecule has 1 aromatic heterocycles. The maximum Gasteiger partial charge on any atom is 0.152 e. The molecule has 1 N–H and O–H groups in total. The van der Waals surface area contributed by atoms with Crippen LogP contribution in [0.3, 0.4) is 0 Å². The average molecular weight is 252 g/mol. The van der Waals surface area contributed by atoms with Crippen molar-refractivity contribution in [3.8, 4) is 0 Å². The summed E-state index contributed by atoms with van der Waals surface area (Å²) in [6, 6.07) is 3.33. The summed E-state index contributed by atoms with van der Waals surface area (Å²) in [5, 5.41) is 4.18. The van der Waals surface area contributed by atoms with Gasteiger partial charge in [-0.05, 0) is 44.4 Å². The van der Waals surface area contributed by atoms with Crippen molar-refractivity contribution in [2.24, 2.45) is 0 Å². The molecule has 2 unspecified atom stereocenters. The highest BCUT2D eigenvalue weighted by molar-refractivity contribution is 6.32. The maximum atomic E-state index is 6.13. The summed E-state index contributed by atoms with van der Waals surface area (Å²) < 4.78 is 0. The Labute approximate surface area is 107 Å². The summed E-state index contributed by atoms with van der Waals surface area (Å²) in [4.78, 5) is 6.79. The number of fused-ring (bicyclic) bond motifs is 1. The Hall–Kier alpha value is -0.800. The fourth-order valence-electron chi connectivity index (χ4n) is 3.10. The molecule has 4 heteroatoms. The molecule has 2 saturated heterocycles. The summed E-state index contributed by atoms with van der Waals surface area (Å²) in [7, 11) is 0. The van der Waals surface area contributed by atoms with E-state index >= 15 is 0 Å². The maximum absolute atomic E-state index is 6.13. The minimum absolute atomic E-state index is 0.540. The van der Waals surface area contributed by atoms with Crippen molar-refractivity contribution in [3.05, 3.63) is 23.0 Å². The molecule has 2 fully saturated rings. The van der Waals surface area contributed by atoms with Crippen LogP contribution in [0, 0.1) is 6.92 Å². The fourth-order valence-corrected chi connectivity index (χ4v) is 3.26. The van der Waals surface area contributed by atoms with Gasteiger partial charge in [-0.1, -0.05) is 11.6 Å². The van der Waals surface area contributed by atoms with E-state index in [1.165, 1.54) is 32.4 Å². The van der Waals surface area contributed by atoms with E-state index < -0.39 is 0 Å². The number of rotatable bonds is 2. The van der Waals surface area contributed by atoms with Gasteiger partial charge in [-0.25, -0.2) is 4.98 Å². The molecule has 2 aliphatic heterocycles. The molecule has 0 saturated carbocycles. The summed E-state index contributed by atoms with van der Waals surface area (Å²) in [6.45, 7) is 4.53. The number of halogens is 1. The molecule has 0 spiro atoms. The van der Waals surface area contributed by atoms with Crippen LogP contribution in [0.15, 0.2) is 12.3 Å². The van der Waals surface area contributed by atoms with Gasteiger partial charge in [-0.3, -0.25) is 4.90 Å². The number of pyridine rings is 1. The number of aryl methyl sites for hydroxylation is 1. The SMILES string of the molecule is Cc1cnc(Cl)c(NC2CCN3CCCC23)c1. The molecule has 0 aliphatic carbocycles. The summed E-state index contributed by atoms with van der Waals surface area (Å²) in [5.41, 5.74) is 2.14. The van der Waals surface area contributed by atoms with E-state index in [2.05, 4.69) is 21.3 Å². The molecule has 92 valence electrons. The van der Waals surface area contributed by atoms with Crippen LogP contribution in [0.4, 0.5) is 5.69 Å². The minimum Gasteiger partial charge on any atom is -0.378 e. The second kappa shape index (κ2) is 4.46. The Morgan fingerprint density at radius 2 is 2.29 bits per heavy atom. The number of hydrogen-bond acceptors (Lipinski definition) is 3. The first kappa shape index (κ1) is 11.3. The number of aromatic nitrogens is 1. The zero-order valence-electron chi connectivity index (χ0n) is 10.1. The average Bonchev–Trinajstić information content (AvgIpc) is 2.88. The smallest absolute Gasteiger partial charge is 0.152 e. The summed E-state index contributed by atoms with van der Waals surface area (Å²) in [6.07, 6.45) is 5.68. The quantitative estimate of drug-likeness (QED) is 0.820. The van der Waals surface area contributed by atoms with Crippen molar-refractivity contribution < 1.29 is 0 Å². The Morgan fingerprint density at radius 1 is 1.41 bits per heavy atom. The number of nitrogens with one attached hydrogen (secondary N) is 1. The molecule has 17 heavy (non-hydrogen) atoms. The van der Waals surface area contributed by atoms with E-state index in [1.807, 2.05) is 13.1 Å². The molecule has 0 bridgehead atoms. The number of nitrogens with zero attached hydrogens (tertiary/aromatic N) is 2. The zero-order valence-corrected chi connectivity index (χ0v) is 10.9. The zero-order chi connectivity index (χ0) is 11.8. The number of hydrogen-bond donors (Lipinski definition) is 1. The van der Waals surface area contributed by atoms with Crippen molar-refractivity contribution in [1.82, 2.24) is 9.88 Å². The Bertz CT molecular complexity index is 421. The normalized spacial score (nSPS) is 28.4. The van der Waals surface area contributed by atoms with Gasteiger partial charge in [0, 0.05) is 24.8 Å². The third-order valence-corrected chi connectivity index (χ3v) is 4.22. The van der Waals surface area contributed by atoms with Gasteiger partial charge in [-0.2, -0.15) is 0 Å². The highest BCUT2D eigenvalue weighted by Crippen LogP contribution is 2.31. The molecule has 1 aromatic rings. The van der Waals surface area contributed by atoms with Crippen LogP contribution in [-0.2, 0) is 0 Å². The van der Waals surface area contributed by atoms with Gasteiger partial charge in [0.1, 0.15) is 0 Å². The third-order valence-electron chi connectivity index (χ3n) is 3.92. The molecule has 0 amide bonds. The van der Waals surface area contributed by atoms with Gasteiger partial charge in [0.15, 0.2) is 5.15 Å². The Morgan fingerprint density at radius 3 is 3.18 bits per heavy atom. The van der Waals surface area contributed by atoms with E-state index in [9.17, 15) is 0 Å². The van der Waals surface area contributed by atoms with Crippen molar-refractivity contribution in [3.63, 3.8) is 0 Å². The van der Waals surface area contributed by atoms with Crippen LogP contribution in [0.1, 0.15) is 24.8 Å². The molecular weight excluding hydrogens is 234 g/mol. The van der Waals surface area contributed by atoms with Crippen molar-refractivity contribution in [1.29, 1.82) is 0 Å². The van der Waals surface area contributed by atoms with Gasteiger partial charge in [0.25, 0.3) is 0 Å². The molecule has 2 aliphatic rings. The van der Waals surface area contributed by atoms with Crippen molar-refractivity contribution >= 4 is 17.3 Å². The summed E-state index contributed by atoms with van der Waals surface area (Å²) >= 11 is 6.13. The molecule has 3 rings (SSSR count). The molecule has 3 heterocycles. The predicted molar refractivity (Wildman–Crippen MR) is 70.6 cm³/mol. The van der Waals surface area contributed by atoms with E-state index in [0.717, 1.165) is 11.3 Å². The van der Waals surface area contributed by atoms with E-state index in [-0.39, 0.29) is 0 Å². The van der Waals surface area contributed by atoms with Gasteiger partial charge < -0.3 is 5.32 Å². The molecule has 2 atom stereocenters.